The van der Waals surface area contributed by atoms with Gasteiger partial charge in [0, 0.05) is 7.05 Å². The zero-order chi connectivity index (χ0) is 19.1. The Morgan fingerprint density at radius 1 is 1.19 bits per heavy atom. The van der Waals surface area contributed by atoms with E-state index >= 15 is 0 Å². The number of rotatable bonds is 9. The van der Waals surface area contributed by atoms with Crippen LogP contribution >= 0.6 is 11.8 Å². The van der Waals surface area contributed by atoms with Crippen LogP contribution < -0.4 is 4.74 Å². The number of ether oxygens (including phenoxy) is 2. The van der Waals surface area contributed by atoms with Crippen molar-refractivity contribution in [1.29, 1.82) is 0 Å². The van der Waals surface area contributed by atoms with Crippen LogP contribution in [-0.4, -0.2) is 32.6 Å². The predicted octanol–water partition coefficient (Wildman–Crippen LogP) is 3.64. The first-order valence-corrected chi connectivity index (χ1v) is 9.77. The largest absolute Gasteiger partial charge is 0.486 e. The summed E-state index contributed by atoms with van der Waals surface area (Å²) in [6, 6.07) is 8.03. The lowest BCUT2D eigenvalue weighted by molar-refractivity contribution is -0.143. The minimum atomic E-state index is -0.312. The summed E-state index contributed by atoms with van der Waals surface area (Å²) >= 11 is 1.38. The minimum Gasteiger partial charge on any atom is -0.486 e. The van der Waals surface area contributed by atoms with E-state index in [4.69, 9.17) is 9.47 Å². The molecule has 0 aliphatic carbocycles. The molecule has 0 spiro atoms. The van der Waals surface area contributed by atoms with Crippen molar-refractivity contribution >= 4 is 17.7 Å². The normalized spacial score (nSPS) is 12.2. The summed E-state index contributed by atoms with van der Waals surface area (Å²) in [5, 5.41) is 8.77. The number of esters is 1. The van der Waals surface area contributed by atoms with Crippen molar-refractivity contribution in [3.05, 3.63) is 35.7 Å². The van der Waals surface area contributed by atoms with Crippen LogP contribution in [0.25, 0.3) is 0 Å². The summed E-state index contributed by atoms with van der Waals surface area (Å²) in [7, 11) is 1.88. The average molecular weight is 378 g/mol. The van der Waals surface area contributed by atoms with E-state index < -0.39 is 0 Å². The molecule has 1 heterocycles. The SMILES string of the molecule is CCOC(=O)[C@H](Sc1nnc(COc2ccc(CC)cc2)n1C)C(C)C. The lowest BCUT2D eigenvalue weighted by Crippen LogP contribution is -2.26. The van der Waals surface area contributed by atoms with Gasteiger partial charge in [-0.05, 0) is 37.0 Å². The fourth-order valence-corrected chi connectivity index (χ4v) is 3.35. The number of carbonyl (C=O) groups is 1. The quantitative estimate of drug-likeness (QED) is 0.491. The monoisotopic (exact) mass is 377 g/mol. The van der Waals surface area contributed by atoms with Crippen LogP contribution in [0.15, 0.2) is 29.4 Å². The Hall–Kier alpha value is -2.02. The first kappa shape index (κ1) is 20.3. The van der Waals surface area contributed by atoms with Crippen molar-refractivity contribution in [2.24, 2.45) is 13.0 Å². The van der Waals surface area contributed by atoms with E-state index in [1.165, 1.54) is 17.3 Å². The highest BCUT2D eigenvalue weighted by molar-refractivity contribution is 8.00. The molecule has 2 rings (SSSR count). The molecule has 6 nitrogen and oxygen atoms in total. The van der Waals surface area contributed by atoms with E-state index in [0.717, 1.165) is 12.2 Å². The second-order valence-electron chi connectivity index (χ2n) is 6.28. The maximum Gasteiger partial charge on any atom is 0.319 e. The Balaban J connectivity index is 2.02. The maximum absolute atomic E-state index is 12.1. The molecule has 0 fully saturated rings. The molecule has 2 aromatic rings. The molecule has 1 atom stereocenters. The van der Waals surface area contributed by atoms with Gasteiger partial charge in [0.05, 0.1) is 6.61 Å². The second kappa shape index (κ2) is 9.62. The highest BCUT2D eigenvalue weighted by Crippen LogP contribution is 2.28. The van der Waals surface area contributed by atoms with Gasteiger partial charge in [0.25, 0.3) is 0 Å². The summed E-state index contributed by atoms with van der Waals surface area (Å²) in [6.45, 7) is 8.61. The average Bonchev–Trinajstić information content (AvgIpc) is 2.98. The molecule has 0 unspecified atom stereocenters. The second-order valence-corrected chi connectivity index (χ2v) is 7.39. The van der Waals surface area contributed by atoms with Crippen LogP contribution in [0.5, 0.6) is 5.75 Å². The van der Waals surface area contributed by atoms with E-state index in [1.807, 2.05) is 44.5 Å². The summed E-state index contributed by atoms with van der Waals surface area (Å²) < 4.78 is 12.8. The lowest BCUT2D eigenvalue weighted by atomic mass is 10.1. The van der Waals surface area contributed by atoms with Crippen LogP contribution in [0.3, 0.4) is 0 Å². The topological polar surface area (TPSA) is 66.2 Å². The summed E-state index contributed by atoms with van der Waals surface area (Å²) in [6.07, 6.45) is 1.00. The van der Waals surface area contributed by atoms with Gasteiger partial charge in [0.1, 0.15) is 17.6 Å². The fraction of sp³-hybridized carbons (Fsp3) is 0.526. The van der Waals surface area contributed by atoms with E-state index in [0.29, 0.717) is 24.2 Å². The van der Waals surface area contributed by atoms with Crippen LogP contribution in [-0.2, 0) is 29.6 Å². The zero-order valence-electron chi connectivity index (χ0n) is 16.1. The number of hydrogen-bond acceptors (Lipinski definition) is 6. The molecule has 1 aromatic carbocycles. The van der Waals surface area contributed by atoms with Crippen LogP contribution in [0, 0.1) is 5.92 Å². The van der Waals surface area contributed by atoms with E-state index in [1.54, 1.807) is 0 Å². The molecular formula is C19H27N3O3S. The Morgan fingerprint density at radius 2 is 1.88 bits per heavy atom. The van der Waals surface area contributed by atoms with E-state index in [2.05, 4.69) is 29.3 Å². The van der Waals surface area contributed by atoms with Gasteiger partial charge >= 0.3 is 5.97 Å². The minimum absolute atomic E-state index is 0.132. The molecule has 0 bridgehead atoms. The van der Waals surface area contributed by atoms with Crippen molar-refractivity contribution in [2.45, 2.75) is 51.1 Å². The van der Waals surface area contributed by atoms with Gasteiger partial charge in [0.15, 0.2) is 11.0 Å². The number of aryl methyl sites for hydroxylation is 1. The molecule has 0 amide bonds. The third-order valence-electron chi connectivity index (χ3n) is 3.98. The molecule has 7 heteroatoms. The van der Waals surface area contributed by atoms with E-state index in [9.17, 15) is 4.79 Å². The van der Waals surface area contributed by atoms with Crippen LogP contribution in [0.2, 0.25) is 0 Å². The van der Waals surface area contributed by atoms with E-state index in [-0.39, 0.29) is 17.1 Å². The van der Waals surface area contributed by atoms with Gasteiger partial charge < -0.3 is 14.0 Å². The molecule has 26 heavy (non-hydrogen) atoms. The Labute approximate surface area is 159 Å². The van der Waals surface area contributed by atoms with Crippen molar-refractivity contribution in [2.75, 3.05) is 6.61 Å². The molecule has 1 aromatic heterocycles. The van der Waals surface area contributed by atoms with Crippen molar-refractivity contribution in [1.82, 2.24) is 14.8 Å². The number of benzene rings is 1. The summed E-state index contributed by atoms with van der Waals surface area (Å²) in [4.78, 5) is 12.1. The molecule has 0 saturated carbocycles. The van der Waals surface area contributed by atoms with Gasteiger partial charge in [0.2, 0.25) is 0 Å². The number of thioether (sulfide) groups is 1. The van der Waals surface area contributed by atoms with Crippen molar-refractivity contribution < 1.29 is 14.3 Å². The molecule has 142 valence electrons. The van der Waals surface area contributed by atoms with Crippen LogP contribution in [0.4, 0.5) is 0 Å². The van der Waals surface area contributed by atoms with Crippen molar-refractivity contribution in [3.8, 4) is 5.75 Å². The molecular weight excluding hydrogens is 350 g/mol. The molecule has 0 aliphatic rings. The summed E-state index contributed by atoms with van der Waals surface area (Å²) in [5.41, 5.74) is 1.27. The molecule has 0 N–H and O–H groups in total. The van der Waals surface area contributed by atoms with Gasteiger partial charge in [-0.1, -0.05) is 44.7 Å². The highest BCUT2D eigenvalue weighted by Gasteiger charge is 2.27. The third-order valence-corrected chi connectivity index (χ3v) is 5.54. The first-order valence-electron chi connectivity index (χ1n) is 8.89. The Bertz CT molecular complexity index is 713. The molecule has 0 radical (unpaired) electrons. The number of nitrogens with zero attached hydrogens (tertiary/aromatic N) is 3. The summed E-state index contributed by atoms with van der Waals surface area (Å²) in [5.74, 6) is 1.42. The number of hydrogen-bond donors (Lipinski definition) is 0. The Kier molecular flexibility index (Phi) is 7.50. The Morgan fingerprint density at radius 3 is 2.46 bits per heavy atom. The first-order chi connectivity index (χ1) is 12.5. The smallest absolute Gasteiger partial charge is 0.319 e. The molecule has 0 saturated heterocycles. The number of carbonyl (C=O) groups excluding carboxylic acids is 1. The van der Waals surface area contributed by atoms with Gasteiger partial charge in [-0.2, -0.15) is 0 Å². The zero-order valence-corrected chi connectivity index (χ0v) is 16.9. The highest BCUT2D eigenvalue weighted by atomic mass is 32.2. The van der Waals surface area contributed by atoms with Gasteiger partial charge in [-0.3, -0.25) is 4.79 Å². The standard InChI is InChI=1S/C19H27N3O3S/c1-6-14-8-10-15(11-9-14)25-12-16-20-21-19(22(16)5)26-17(13(3)4)18(23)24-7-2/h8-11,13,17H,6-7,12H2,1-5H3/t17-/m1/s1. The number of aromatic nitrogens is 3. The van der Waals surface area contributed by atoms with Crippen LogP contribution in [0.1, 0.15) is 39.1 Å². The van der Waals surface area contributed by atoms with Gasteiger partial charge in [-0.25, -0.2) is 0 Å². The third kappa shape index (κ3) is 5.24. The molecule has 0 aliphatic heterocycles. The van der Waals surface area contributed by atoms with Crippen molar-refractivity contribution in [3.63, 3.8) is 0 Å². The lowest BCUT2D eigenvalue weighted by Gasteiger charge is -2.17. The van der Waals surface area contributed by atoms with Gasteiger partial charge in [-0.15, -0.1) is 10.2 Å². The maximum atomic E-state index is 12.1. The fourth-order valence-electron chi connectivity index (χ4n) is 2.34. The predicted molar refractivity (Wildman–Crippen MR) is 102 cm³/mol.